The highest BCUT2D eigenvalue weighted by Crippen LogP contribution is 2.31. The monoisotopic (exact) mass is 288 g/mol. The van der Waals surface area contributed by atoms with Crippen LogP contribution in [0.4, 0.5) is 5.69 Å². The molecule has 1 atom stereocenters. The minimum Gasteiger partial charge on any atom is -0.367 e. The van der Waals surface area contributed by atoms with Crippen molar-refractivity contribution in [1.82, 2.24) is 10.6 Å². The lowest BCUT2D eigenvalue weighted by Crippen LogP contribution is -2.49. The summed E-state index contributed by atoms with van der Waals surface area (Å²) in [5, 5.41) is 6.78. The van der Waals surface area contributed by atoms with E-state index in [0.29, 0.717) is 6.04 Å². The Morgan fingerprint density at radius 3 is 2.71 bits per heavy atom. The van der Waals surface area contributed by atoms with E-state index >= 15 is 0 Å². The molecule has 1 heterocycles. The summed E-state index contributed by atoms with van der Waals surface area (Å²) in [6, 6.07) is 9.28. The van der Waals surface area contributed by atoms with Crippen molar-refractivity contribution >= 4 is 11.6 Å². The summed E-state index contributed by atoms with van der Waals surface area (Å²) in [5.74, 6) is 0.864. The first kappa shape index (κ1) is 15.7. The van der Waals surface area contributed by atoms with Crippen LogP contribution in [-0.2, 0) is 6.42 Å². The SMILES string of the molecule is CN=C(NCCN1c2ccccc2CC1C)NC(C)(C)C. The van der Waals surface area contributed by atoms with Crippen LogP contribution in [-0.4, -0.2) is 37.7 Å². The molecule has 1 aliphatic rings. The van der Waals surface area contributed by atoms with Gasteiger partial charge in [0.2, 0.25) is 0 Å². The molecule has 0 bridgehead atoms. The molecule has 0 amide bonds. The highest BCUT2D eigenvalue weighted by molar-refractivity contribution is 5.80. The van der Waals surface area contributed by atoms with Crippen molar-refractivity contribution in [1.29, 1.82) is 0 Å². The first-order valence-corrected chi connectivity index (χ1v) is 7.74. The van der Waals surface area contributed by atoms with E-state index in [4.69, 9.17) is 0 Å². The van der Waals surface area contributed by atoms with Crippen LogP contribution in [0.5, 0.6) is 0 Å². The molecule has 1 unspecified atom stereocenters. The van der Waals surface area contributed by atoms with Crippen LogP contribution in [0.3, 0.4) is 0 Å². The third kappa shape index (κ3) is 4.13. The Balaban J connectivity index is 1.89. The van der Waals surface area contributed by atoms with Crippen LogP contribution in [0.2, 0.25) is 0 Å². The lowest BCUT2D eigenvalue weighted by molar-refractivity contribution is 0.501. The maximum absolute atomic E-state index is 4.28. The third-order valence-corrected chi connectivity index (χ3v) is 3.71. The van der Waals surface area contributed by atoms with Gasteiger partial charge in [0.05, 0.1) is 0 Å². The van der Waals surface area contributed by atoms with E-state index in [1.807, 2.05) is 7.05 Å². The lowest BCUT2D eigenvalue weighted by atomic mass is 10.1. The minimum absolute atomic E-state index is 0.0232. The number of fused-ring (bicyclic) bond motifs is 1. The number of hydrogen-bond acceptors (Lipinski definition) is 2. The average molecular weight is 288 g/mol. The summed E-state index contributed by atoms with van der Waals surface area (Å²) in [5.41, 5.74) is 2.86. The van der Waals surface area contributed by atoms with Crippen molar-refractivity contribution in [2.24, 2.45) is 4.99 Å². The summed E-state index contributed by atoms with van der Waals surface area (Å²) in [6.45, 7) is 10.6. The largest absolute Gasteiger partial charge is 0.367 e. The van der Waals surface area contributed by atoms with Crippen LogP contribution in [0.25, 0.3) is 0 Å². The molecule has 2 N–H and O–H groups in total. The van der Waals surface area contributed by atoms with E-state index in [1.54, 1.807) is 0 Å². The van der Waals surface area contributed by atoms with E-state index in [0.717, 1.165) is 25.5 Å². The quantitative estimate of drug-likeness (QED) is 0.663. The fourth-order valence-corrected chi connectivity index (χ4v) is 2.80. The molecule has 0 spiro atoms. The Morgan fingerprint density at radius 1 is 1.33 bits per heavy atom. The van der Waals surface area contributed by atoms with Crippen LogP contribution in [0.15, 0.2) is 29.3 Å². The second-order valence-electron chi connectivity index (χ2n) is 6.75. The molecule has 0 fully saturated rings. The third-order valence-electron chi connectivity index (χ3n) is 3.71. The van der Waals surface area contributed by atoms with Crippen LogP contribution in [0.1, 0.15) is 33.3 Å². The van der Waals surface area contributed by atoms with Gasteiger partial charge in [-0.15, -0.1) is 0 Å². The smallest absolute Gasteiger partial charge is 0.191 e. The number of anilines is 1. The molecule has 0 aromatic heterocycles. The maximum Gasteiger partial charge on any atom is 0.191 e. The van der Waals surface area contributed by atoms with Crippen molar-refractivity contribution in [3.63, 3.8) is 0 Å². The van der Waals surface area contributed by atoms with Gasteiger partial charge in [0.15, 0.2) is 5.96 Å². The summed E-state index contributed by atoms with van der Waals surface area (Å²) in [4.78, 5) is 6.76. The second-order valence-corrected chi connectivity index (χ2v) is 6.75. The Bertz CT molecular complexity index is 502. The van der Waals surface area contributed by atoms with Gasteiger partial charge in [0.1, 0.15) is 0 Å². The molecule has 0 radical (unpaired) electrons. The molecule has 1 aromatic rings. The number of guanidine groups is 1. The van der Waals surface area contributed by atoms with Gasteiger partial charge >= 0.3 is 0 Å². The number of para-hydroxylation sites is 1. The van der Waals surface area contributed by atoms with Crippen LogP contribution >= 0.6 is 0 Å². The zero-order valence-corrected chi connectivity index (χ0v) is 13.9. The first-order valence-electron chi connectivity index (χ1n) is 7.74. The number of rotatable bonds is 3. The number of hydrogen-bond donors (Lipinski definition) is 2. The molecule has 0 saturated carbocycles. The van der Waals surface area contributed by atoms with Crippen molar-refractivity contribution < 1.29 is 0 Å². The Labute approximate surface area is 128 Å². The second kappa shape index (κ2) is 6.37. The van der Waals surface area contributed by atoms with Crippen molar-refractivity contribution in [3.05, 3.63) is 29.8 Å². The standard InChI is InChI=1S/C17H28N4/c1-13-12-14-8-6-7-9-15(14)21(13)11-10-19-16(18-5)20-17(2,3)4/h6-9,13H,10-12H2,1-5H3,(H2,18,19,20). The zero-order chi connectivity index (χ0) is 15.5. The molecule has 0 aliphatic carbocycles. The summed E-state index contributed by atoms with van der Waals surface area (Å²) in [6.07, 6.45) is 1.14. The fraction of sp³-hybridized carbons (Fsp3) is 0.588. The van der Waals surface area contributed by atoms with E-state index in [-0.39, 0.29) is 5.54 Å². The normalized spacial score (nSPS) is 18.6. The summed E-state index contributed by atoms with van der Waals surface area (Å²) < 4.78 is 0. The molecular weight excluding hydrogens is 260 g/mol. The molecule has 4 heteroatoms. The Hall–Kier alpha value is -1.71. The molecule has 2 rings (SSSR count). The predicted octanol–water partition coefficient (Wildman–Crippen LogP) is 2.40. The van der Waals surface area contributed by atoms with E-state index < -0.39 is 0 Å². The molecule has 0 saturated heterocycles. The molecule has 21 heavy (non-hydrogen) atoms. The van der Waals surface area contributed by atoms with Gasteiger partial charge in [-0.05, 0) is 45.7 Å². The highest BCUT2D eigenvalue weighted by atomic mass is 15.2. The fourth-order valence-electron chi connectivity index (χ4n) is 2.80. The summed E-state index contributed by atoms with van der Waals surface area (Å²) >= 11 is 0. The molecular formula is C17H28N4. The van der Waals surface area contributed by atoms with E-state index in [1.165, 1.54) is 11.3 Å². The molecule has 116 valence electrons. The van der Waals surface area contributed by atoms with Gasteiger partial charge in [0.25, 0.3) is 0 Å². The minimum atomic E-state index is 0.0232. The number of aliphatic imine (C=N–C) groups is 1. The lowest BCUT2D eigenvalue weighted by Gasteiger charge is -2.27. The van der Waals surface area contributed by atoms with Crippen molar-refractivity contribution in [2.45, 2.75) is 45.7 Å². The average Bonchev–Trinajstić information content (AvgIpc) is 2.72. The van der Waals surface area contributed by atoms with Gasteiger partial charge in [0, 0.05) is 37.4 Å². The van der Waals surface area contributed by atoms with Gasteiger partial charge < -0.3 is 15.5 Å². The van der Waals surface area contributed by atoms with Gasteiger partial charge in [-0.2, -0.15) is 0 Å². The topological polar surface area (TPSA) is 39.7 Å². The number of benzene rings is 1. The predicted molar refractivity (Wildman–Crippen MR) is 91.2 cm³/mol. The first-order chi connectivity index (χ1) is 9.90. The maximum atomic E-state index is 4.28. The molecule has 1 aromatic carbocycles. The van der Waals surface area contributed by atoms with E-state index in [2.05, 4.69) is 72.5 Å². The number of nitrogens with one attached hydrogen (secondary N) is 2. The molecule has 4 nitrogen and oxygen atoms in total. The van der Waals surface area contributed by atoms with Crippen molar-refractivity contribution in [2.75, 3.05) is 25.0 Å². The highest BCUT2D eigenvalue weighted by Gasteiger charge is 2.24. The zero-order valence-electron chi connectivity index (χ0n) is 13.9. The Morgan fingerprint density at radius 2 is 2.05 bits per heavy atom. The van der Waals surface area contributed by atoms with Crippen LogP contribution < -0.4 is 15.5 Å². The van der Waals surface area contributed by atoms with Gasteiger partial charge in [-0.3, -0.25) is 4.99 Å². The van der Waals surface area contributed by atoms with Crippen molar-refractivity contribution in [3.8, 4) is 0 Å². The summed E-state index contributed by atoms with van der Waals surface area (Å²) in [7, 11) is 1.81. The Kier molecular flexibility index (Phi) is 4.76. The van der Waals surface area contributed by atoms with Crippen LogP contribution in [0, 0.1) is 0 Å². The molecule has 1 aliphatic heterocycles. The van der Waals surface area contributed by atoms with Gasteiger partial charge in [-0.1, -0.05) is 18.2 Å². The van der Waals surface area contributed by atoms with Gasteiger partial charge in [-0.25, -0.2) is 0 Å². The number of nitrogens with zero attached hydrogens (tertiary/aromatic N) is 2. The van der Waals surface area contributed by atoms with E-state index in [9.17, 15) is 0 Å².